The summed E-state index contributed by atoms with van der Waals surface area (Å²) in [6.07, 6.45) is 0.610. The summed E-state index contributed by atoms with van der Waals surface area (Å²) in [5.41, 5.74) is 2.34. The third kappa shape index (κ3) is 2.02. The van der Waals surface area contributed by atoms with Crippen molar-refractivity contribution in [1.82, 2.24) is 0 Å². The third-order valence-electron chi connectivity index (χ3n) is 3.42. The lowest BCUT2D eigenvalue weighted by molar-refractivity contribution is -0.116. The second kappa shape index (κ2) is 4.65. The van der Waals surface area contributed by atoms with Gasteiger partial charge in [-0.15, -0.1) is 0 Å². The first-order valence-corrected chi connectivity index (χ1v) is 6.23. The maximum atomic E-state index is 11.8. The second-order valence-electron chi connectivity index (χ2n) is 4.63. The number of hydrogen-bond acceptors (Lipinski definition) is 2. The van der Waals surface area contributed by atoms with E-state index in [1.165, 1.54) is 5.56 Å². The van der Waals surface area contributed by atoms with Crippen molar-refractivity contribution in [2.75, 3.05) is 11.4 Å². The summed E-state index contributed by atoms with van der Waals surface area (Å²) in [6.45, 7) is 0.517. The Balaban J connectivity index is 1.96. The number of ketones is 1. The molecule has 2 nitrogen and oxygen atoms in total. The van der Waals surface area contributed by atoms with Gasteiger partial charge in [0.1, 0.15) is 0 Å². The first kappa shape index (κ1) is 11.0. The monoisotopic (exact) mass is 237 g/mol. The van der Waals surface area contributed by atoms with Crippen LogP contribution < -0.4 is 4.90 Å². The molecule has 0 bridgehead atoms. The zero-order chi connectivity index (χ0) is 12.4. The molecule has 1 fully saturated rings. The van der Waals surface area contributed by atoms with Crippen molar-refractivity contribution in [3.63, 3.8) is 0 Å². The minimum absolute atomic E-state index is 0.182. The Hall–Kier alpha value is -2.09. The average molecular weight is 237 g/mol. The van der Waals surface area contributed by atoms with E-state index in [2.05, 4.69) is 29.2 Å². The minimum Gasteiger partial charge on any atom is -0.357 e. The molecule has 0 radical (unpaired) electrons. The van der Waals surface area contributed by atoms with Gasteiger partial charge in [-0.3, -0.25) is 4.79 Å². The van der Waals surface area contributed by atoms with Gasteiger partial charge in [0.2, 0.25) is 0 Å². The van der Waals surface area contributed by atoms with E-state index < -0.39 is 0 Å². The van der Waals surface area contributed by atoms with E-state index in [-0.39, 0.29) is 6.04 Å². The van der Waals surface area contributed by atoms with Crippen LogP contribution in [-0.4, -0.2) is 12.3 Å². The maximum absolute atomic E-state index is 11.8. The molecule has 0 aliphatic carbocycles. The average Bonchev–Trinajstić information content (AvgIpc) is 2.83. The van der Waals surface area contributed by atoms with Gasteiger partial charge in [-0.1, -0.05) is 48.5 Å². The second-order valence-corrected chi connectivity index (χ2v) is 4.63. The Kier molecular flexibility index (Phi) is 2.85. The highest BCUT2D eigenvalue weighted by Gasteiger charge is 2.31. The standard InChI is InChI=1S/C16H15NO/c18-15-11-16(13-7-3-1-4-8-13)17(12-15)14-9-5-2-6-10-14/h1-10,16H,11-12H2. The molecule has 90 valence electrons. The van der Waals surface area contributed by atoms with Crippen molar-refractivity contribution in [3.8, 4) is 0 Å². The molecule has 1 heterocycles. The number of Topliss-reactive ketones (excluding diaryl/α,β-unsaturated/α-hetero) is 1. The zero-order valence-corrected chi connectivity index (χ0v) is 10.1. The van der Waals surface area contributed by atoms with Crippen LogP contribution in [0.3, 0.4) is 0 Å². The summed E-state index contributed by atoms with van der Waals surface area (Å²) < 4.78 is 0. The molecule has 1 unspecified atom stereocenters. The fraction of sp³-hybridized carbons (Fsp3) is 0.188. The number of hydrogen-bond donors (Lipinski definition) is 0. The lowest BCUT2D eigenvalue weighted by Gasteiger charge is -2.26. The molecular weight excluding hydrogens is 222 g/mol. The van der Waals surface area contributed by atoms with E-state index >= 15 is 0 Å². The summed E-state index contributed by atoms with van der Waals surface area (Å²) >= 11 is 0. The predicted molar refractivity (Wildman–Crippen MR) is 72.6 cm³/mol. The first-order chi connectivity index (χ1) is 8.84. The fourth-order valence-electron chi connectivity index (χ4n) is 2.55. The highest BCUT2D eigenvalue weighted by atomic mass is 16.1. The van der Waals surface area contributed by atoms with Crippen LogP contribution in [0.2, 0.25) is 0 Å². The summed E-state index contributed by atoms with van der Waals surface area (Å²) in [7, 11) is 0. The molecule has 1 saturated heterocycles. The molecule has 18 heavy (non-hydrogen) atoms. The van der Waals surface area contributed by atoms with Crippen molar-refractivity contribution in [2.24, 2.45) is 0 Å². The van der Waals surface area contributed by atoms with Gasteiger partial charge in [0.15, 0.2) is 5.78 Å². The van der Waals surface area contributed by atoms with Crippen LogP contribution in [0.5, 0.6) is 0 Å². The van der Waals surface area contributed by atoms with Crippen molar-refractivity contribution < 1.29 is 4.79 Å². The SMILES string of the molecule is O=C1CC(c2ccccc2)N(c2ccccc2)C1. The van der Waals surface area contributed by atoms with Crippen LogP contribution in [0.25, 0.3) is 0 Å². The number of carbonyl (C=O) groups excluding carboxylic acids is 1. The Morgan fingerprint density at radius 2 is 1.50 bits per heavy atom. The van der Waals surface area contributed by atoms with Crippen LogP contribution in [0.4, 0.5) is 5.69 Å². The van der Waals surface area contributed by atoms with E-state index in [4.69, 9.17) is 0 Å². The third-order valence-corrected chi connectivity index (χ3v) is 3.42. The largest absolute Gasteiger partial charge is 0.357 e. The lowest BCUT2D eigenvalue weighted by Crippen LogP contribution is -2.23. The Morgan fingerprint density at radius 1 is 0.889 bits per heavy atom. The van der Waals surface area contributed by atoms with E-state index in [0.717, 1.165) is 5.69 Å². The molecule has 2 heteroatoms. The quantitative estimate of drug-likeness (QED) is 0.799. The normalized spacial score (nSPS) is 19.2. The van der Waals surface area contributed by atoms with E-state index in [1.807, 2.05) is 36.4 Å². The minimum atomic E-state index is 0.182. The smallest absolute Gasteiger partial charge is 0.154 e. The van der Waals surface area contributed by atoms with E-state index in [1.54, 1.807) is 0 Å². The zero-order valence-electron chi connectivity index (χ0n) is 10.1. The molecule has 1 aliphatic heterocycles. The molecular formula is C16H15NO. The number of para-hydroxylation sites is 1. The van der Waals surface area contributed by atoms with Gasteiger partial charge in [0.25, 0.3) is 0 Å². The Bertz CT molecular complexity index is 486. The van der Waals surface area contributed by atoms with Crippen molar-refractivity contribution in [3.05, 3.63) is 66.2 Å². The van der Waals surface area contributed by atoms with Crippen molar-refractivity contribution in [1.29, 1.82) is 0 Å². The highest BCUT2D eigenvalue weighted by molar-refractivity contribution is 5.88. The van der Waals surface area contributed by atoms with Gasteiger partial charge >= 0.3 is 0 Å². The number of carbonyl (C=O) groups is 1. The summed E-state index contributed by atoms with van der Waals surface area (Å²) in [6, 6.07) is 20.6. The first-order valence-electron chi connectivity index (χ1n) is 6.23. The molecule has 0 spiro atoms. The van der Waals surface area contributed by atoms with Crippen LogP contribution in [0.15, 0.2) is 60.7 Å². The fourth-order valence-corrected chi connectivity index (χ4v) is 2.55. The Morgan fingerprint density at radius 3 is 2.17 bits per heavy atom. The Labute approximate surface area is 107 Å². The number of anilines is 1. The molecule has 2 aromatic rings. The summed E-state index contributed by atoms with van der Waals surface area (Å²) in [4.78, 5) is 14.0. The molecule has 2 aromatic carbocycles. The van der Waals surface area contributed by atoms with Gasteiger partial charge in [-0.25, -0.2) is 0 Å². The summed E-state index contributed by atoms with van der Waals surface area (Å²) in [5, 5.41) is 0. The number of benzene rings is 2. The number of nitrogens with zero attached hydrogens (tertiary/aromatic N) is 1. The van der Waals surface area contributed by atoms with Crippen LogP contribution >= 0.6 is 0 Å². The topological polar surface area (TPSA) is 20.3 Å². The van der Waals surface area contributed by atoms with Gasteiger partial charge in [0, 0.05) is 12.1 Å². The van der Waals surface area contributed by atoms with Gasteiger partial charge in [-0.2, -0.15) is 0 Å². The molecule has 0 amide bonds. The molecule has 0 saturated carbocycles. The molecule has 1 aliphatic rings. The predicted octanol–water partition coefficient (Wildman–Crippen LogP) is 3.21. The van der Waals surface area contributed by atoms with Gasteiger partial charge in [-0.05, 0) is 17.7 Å². The number of rotatable bonds is 2. The molecule has 0 aromatic heterocycles. The molecule has 0 N–H and O–H groups in total. The van der Waals surface area contributed by atoms with Crippen LogP contribution in [0, 0.1) is 0 Å². The van der Waals surface area contributed by atoms with Gasteiger partial charge in [0.05, 0.1) is 12.6 Å². The van der Waals surface area contributed by atoms with Crippen molar-refractivity contribution >= 4 is 11.5 Å². The lowest BCUT2D eigenvalue weighted by atomic mass is 10.0. The van der Waals surface area contributed by atoms with Gasteiger partial charge < -0.3 is 4.90 Å². The molecule has 1 atom stereocenters. The maximum Gasteiger partial charge on any atom is 0.154 e. The van der Waals surface area contributed by atoms with Crippen LogP contribution in [-0.2, 0) is 4.79 Å². The van der Waals surface area contributed by atoms with Crippen molar-refractivity contribution in [2.45, 2.75) is 12.5 Å². The van der Waals surface area contributed by atoms with E-state index in [0.29, 0.717) is 18.7 Å². The van der Waals surface area contributed by atoms with Crippen LogP contribution in [0.1, 0.15) is 18.0 Å². The summed E-state index contributed by atoms with van der Waals surface area (Å²) in [5.74, 6) is 0.313. The molecule has 3 rings (SSSR count). The van der Waals surface area contributed by atoms with E-state index in [9.17, 15) is 4.79 Å². The highest BCUT2D eigenvalue weighted by Crippen LogP contribution is 2.34.